The molecule has 132 valence electrons. The quantitative estimate of drug-likeness (QED) is 0.834. The van der Waals surface area contributed by atoms with Gasteiger partial charge in [0, 0.05) is 24.6 Å². The second-order valence-corrected chi connectivity index (χ2v) is 8.37. The van der Waals surface area contributed by atoms with E-state index in [1.165, 1.54) is 18.6 Å². The van der Waals surface area contributed by atoms with Crippen LogP contribution in [0.1, 0.15) is 30.9 Å². The normalized spacial score (nSPS) is 15.6. The maximum absolute atomic E-state index is 12.8. The smallest absolute Gasteiger partial charge is 0.240 e. The molecule has 0 saturated heterocycles. The van der Waals surface area contributed by atoms with Gasteiger partial charge < -0.3 is 5.32 Å². The lowest BCUT2D eigenvalue weighted by Gasteiger charge is -2.18. The molecule has 0 aliphatic heterocycles. The molecule has 0 atom stereocenters. The number of sulfonamides is 1. The van der Waals surface area contributed by atoms with E-state index in [2.05, 4.69) is 10.0 Å². The molecule has 2 aromatic carbocycles. The van der Waals surface area contributed by atoms with Crippen LogP contribution in [0.25, 0.3) is 0 Å². The minimum Gasteiger partial charge on any atom is -0.326 e. The number of hydrogen-bond donors (Lipinski definition) is 2. The van der Waals surface area contributed by atoms with Crippen molar-refractivity contribution in [1.29, 1.82) is 0 Å². The van der Waals surface area contributed by atoms with Crippen LogP contribution in [-0.4, -0.2) is 20.9 Å². The van der Waals surface area contributed by atoms with E-state index in [0.29, 0.717) is 17.8 Å². The van der Waals surface area contributed by atoms with Gasteiger partial charge in [-0.3, -0.25) is 4.79 Å². The molecule has 0 spiro atoms. The molecule has 1 aliphatic carbocycles. The highest BCUT2D eigenvalue weighted by molar-refractivity contribution is 7.89. The second-order valence-electron chi connectivity index (χ2n) is 6.63. The van der Waals surface area contributed by atoms with E-state index in [-0.39, 0.29) is 16.2 Å². The molecule has 1 amide bonds. The molecule has 6 heteroatoms. The van der Waals surface area contributed by atoms with Gasteiger partial charge in [-0.1, -0.05) is 36.4 Å². The highest BCUT2D eigenvalue weighted by Gasteiger charge is 2.44. The number of aryl methyl sites for hydroxylation is 1. The average molecular weight is 358 g/mol. The van der Waals surface area contributed by atoms with Crippen LogP contribution in [0.15, 0.2) is 53.4 Å². The van der Waals surface area contributed by atoms with Crippen LogP contribution in [-0.2, 0) is 20.2 Å². The summed E-state index contributed by atoms with van der Waals surface area (Å²) < 4.78 is 28.3. The summed E-state index contributed by atoms with van der Waals surface area (Å²) in [7, 11) is -3.65. The Kier molecular flexibility index (Phi) is 4.67. The zero-order valence-electron chi connectivity index (χ0n) is 14.4. The molecule has 2 aromatic rings. The highest BCUT2D eigenvalue weighted by Crippen LogP contribution is 2.47. The summed E-state index contributed by atoms with van der Waals surface area (Å²) in [5.74, 6) is -0.235. The maximum Gasteiger partial charge on any atom is 0.240 e. The molecule has 25 heavy (non-hydrogen) atoms. The molecule has 0 heterocycles. The summed E-state index contributed by atoms with van der Waals surface area (Å²) in [5.41, 5.74) is 2.19. The van der Waals surface area contributed by atoms with Gasteiger partial charge in [0.05, 0.1) is 4.90 Å². The fraction of sp³-hybridized carbons (Fsp3) is 0.316. The van der Waals surface area contributed by atoms with Gasteiger partial charge in [-0.25, -0.2) is 13.1 Å². The van der Waals surface area contributed by atoms with Crippen molar-refractivity contribution in [2.24, 2.45) is 0 Å². The number of hydrogen-bond acceptors (Lipinski definition) is 3. The van der Waals surface area contributed by atoms with Gasteiger partial charge in [0.25, 0.3) is 0 Å². The van der Waals surface area contributed by atoms with Crippen LogP contribution in [0.2, 0.25) is 0 Å². The summed E-state index contributed by atoms with van der Waals surface area (Å²) >= 11 is 0. The lowest BCUT2D eigenvalue weighted by molar-refractivity contribution is -0.114. The first-order valence-corrected chi connectivity index (χ1v) is 9.74. The van der Waals surface area contributed by atoms with Crippen molar-refractivity contribution in [2.75, 3.05) is 11.9 Å². The minimum absolute atomic E-state index is 0.0997. The Morgan fingerprint density at radius 2 is 1.80 bits per heavy atom. The van der Waals surface area contributed by atoms with Crippen LogP contribution in [0.4, 0.5) is 5.69 Å². The summed E-state index contributed by atoms with van der Waals surface area (Å²) in [5, 5.41) is 2.62. The van der Waals surface area contributed by atoms with Crippen molar-refractivity contribution in [2.45, 2.75) is 37.0 Å². The van der Waals surface area contributed by atoms with Gasteiger partial charge in [-0.05, 0) is 43.0 Å². The van der Waals surface area contributed by atoms with Crippen molar-refractivity contribution >= 4 is 21.6 Å². The standard InChI is InChI=1S/C19H22N2O3S/c1-14-8-9-17(21-15(2)22)12-18(14)25(23,24)20-13-19(10-11-19)16-6-4-3-5-7-16/h3-9,12,20H,10-11,13H2,1-2H3,(H,21,22). The maximum atomic E-state index is 12.8. The largest absolute Gasteiger partial charge is 0.326 e. The molecule has 2 N–H and O–H groups in total. The predicted molar refractivity (Wildman–Crippen MR) is 98.0 cm³/mol. The molecule has 0 unspecified atom stereocenters. The minimum atomic E-state index is -3.65. The van der Waals surface area contributed by atoms with Crippen molar-refractivity contribution in [3.05, 3.63) is 59.7 Å². The van der Waals surface area contributed by atoms with Crippen LogP contribution in [0.3, 0.4) is 0 Å². The van der Waals surface area contributed by atoms with E-state index in [0.717, 1.165) is 12.8 Å². The number of amides is 1. The molecule has 0 aromatic heterocycles. The number of carbonyl (C=O) groups is 1. The zero-order chi connectivity index (χ0) is 18.1. The van der Waals surface area contributed by atoms with Crippen LogP contribution in [0, 0.1) is 6.92 Å². The Morgan fingerprint density at radius 3 is 2.40 bits per heavy atom. The van der Waals surface area contributed by atoms with E-state index in [9.17, 15) is 13.2 Å². The summed E-state index contributed by atoms with van der Waals surface area (Å²) in [6.07, 6.45) is 1.95. The van der Waals surface area contributed by atoms with E-state index in [1.54, 1.807) is 19.1 Å². The number of carbonyl (C=O) groups excluding carboxylic acids is 1. The average Bonchev–Trinajstić information content (AvgIpc) is 3.36. The number of nitrogens with one attached hydrogen (secondary N) is 2. The third-order valence-electron chi connectivity index (χ3n) is 4.64. The second kappa shape index (κ2) is 6.61. The highest BCUT2D eigenvalue weighted by atomic mass is 32.2. The topological polar surface area (TPSA) is 75.3 Å². The Morgan fingerprint density at radius 1 is 1.12 bits per heavy atom. The SMILES string of the molecule is CC(=O)Nc1ccc(C)c(S(=O)(=O)NCC2(c3ccccc3)CC2)c1. The summed E-state index contributed by atoms with van der Waals surface area (Å²) in [6.45, 7) is 3.52. The van der Waals surface area contributed by atoms with Gasteiger partial charge in [0.1, 0.15) is 0 Å². The monoisotopic (exact) mass is 358 g/mol. The third kappa shape index (κ3) is 3.91. The molecule has 0 radical (unpaired) electrons. The van der Waals surface area contributed by atoms with Crippen molar-refractivity contribution in [3.8, 4) is 0 Å². The molecule has 5 nitrogen and oxygen atoms in total. The van der Waals surface area contributed by atoms with E-state index < -0.39 is 10.0 Å². The number of benzene rings is 2. The lowest BCUT2D eigenvalue weighted by atomic mass is 9.96. The first-order valence-electron chi connectivity index (χ1n) is 8.26. The van der Waals surface area contributed by atoms with Crippen LogP contribution in [0.5, 0.6) is 0 Å². The molecule has 0 bridgehead atoms. The Balaban J connectivity index is 1.80. The van der Waals surface area contributed by atoms with E-state index >= 15 is 0 Å². The molecule has 1 aliphatic rings. The predicted octanol–water partition coefficient (Wildman–Crippen LogP) is 2.96. The Hall–Kier alpha value is -2.18. The van der Waals surface area contributed by atoms with Crippen molar-refractivity contribution < 1.29 is 13.2 Å². The number of anilines is 1. The molecular weight excluding hydrogens is 336 g/mol. The van der Waals surface area contributed by atoms with Gasteiger partial charge in [0.15, 0.2) is 0 Å². The first-order chi connectivity index (χ1) is 11.8. The summed E-state index contributed by atoms with van der Waals surface area (Å²) in [6, 6.07) is 14.9. The zero-order valence-corrected chi connectivity index (χ0v) is 15.2. The lowest BCUT2D eigenvalue weighted by Crippen LogP contribution is -2.32. The molecule has 1 saturated carbocycles. The Bertz CT molecular complexity index is 888. The fourth-order valence-corrected chi connectivity index (χ4v) is 4.39. The Labute approximate surface area is 148 Å². The van der Waals surface area contributed by atoms with E-state index in [1.807, 2.05) is 30.3 Å². The van der Waals surface area contributed by atoms with Crippen molar-refractivity contribution in [1.82, 2.24) is 4.72 Å². The number of rotatable bonds is 6. The molecule has 3 rings (SSSR count). The van der Waals surface area contributed by atoms with Crippen LogP contribution >= 0.6 is 0 Å². The van der Waals surface area contributed by atoms with Gasteiger partial charge in [-0.15, -0.1) is 0 Å². The van der Waals surface area contributed by atoms with Crippen molar-refractivity contribution in [3.63, 3.8) is 0 Å². The molecule has 1 fully saturated rings. The van der Waals surface area contributed by atoms with Crippen LogP contribution < -0.4 is 10.0 Å². The third-order valence-corrected chi connectivity index (χ3v) is 6.18. The van der Waals surface area contributed by atoms with Gasteiger partial charge >= 0.3 is 0 Å². The first kappa shape index (κ1) is 17.6. The summed E-state index contributed by atoms with van der Waals surface area (Å²) in [4.78, 5) is 11.4. The fourth-order valence-electron chi connectivity index (χ4n) is 2.99. The van der Waals surface area contributed by atoms with E-state index in [4.69, 9.17) is 0 Å². The molecular formula is C19H22N2O3S. The van der Waals surface area contributed by atoms with Gasteiger partial charge in [-0.2, -0.15) is 0 Å². The van der Waals surface area contributed by atoms with Gasteiger partial charge in [0.2, 0.25) is 15.9 Å².